The van der Waals surface area contributed by atoms with Gasteiger partial charge in [-0.3, -0.25) is 9.59 Å². The van der Waals surface area contributed by atoms with E-state index < -0.39 is 30.0 Å². The number of carbonyl (C=O) groups excluding carboxylic acids is 2. The third-order valence-electron chi connectivity index (χ3n) is 4.25. The summed E-state index contributed by atoms with van der Waals surface area (Å²) in [7, 11) is 0. The predicted molar refractivity (Wildman–Crippen MR) is 62.7 cm³/mol. The first-order valence-corrected chi connectivity index (χ1v) is 6.94. The quantitative estimate of drug-likeness (QED) is 0.735. The van der Waals surface area contributed by atoms with Crippen molar-refractivity contribution in [2.24, 2.45) is 5.92 Å². The molecule has 120 valence electrons. The molecule has 2 unspecified atom stereocenters. The summed E-state index contributed by atoms with van der Waals surface area (Å²) in [4.78, 5) is 24.0. The molecule has 0 aromatic carbocycles. The Labute approximate surface area is 118 Å². The van der Waals surface area contributed by atoms with Gasteiger partial charge in [-0.2, -0.15) is 22.0 Å². The Balaban J connectivity index is 2.22. The van der Waals surface area contributed by atoms with Crippen molar-refractivity contribution in [1.82, 2.24) is 4.90 Å². The fourth-order valence-electron chi connectivity index (χ4n) is 3.18. The fourth-order valence-corrected chi connectivity index (χ4v) is 3.18. The number of rotatable bonds is 2. The second-order valence-corrected chi connectivity index (χ2v) is 5.60. The lowest BCUT2D eigenvalue weighted by atomic mass is 9.88. The molecule has 0 spiro atoms. The summed E-state index contributed by atoms with van der Waals surface area (Å²) in [5.41, 5.74) is 0. The standard InChI is InChI=1S/C13H16F5NO2/c14-12(15,13(16,17)18)11(21)19-7-2-1-5-9(19)8-4-3-6-10(8)20/h8-9H,1-7H2. The van der Waals surface area contributed by atoms with Gasteiger partial charge in [0, 0.05) is 24.9 Å². The smallest absolute Gasteiger partial charge is 0.333 e. The van der Waals surface area contributed by atoms with Gasteiger partial charge in [0.05, 0.1) is 0 Å². The van der Waals surface area contributed by atoms with Crippen LogP contribution in [0.4, 0.5) is 22.0 Å². The van der Waals surface area contributed by atoms with E-state index >= 15 is 0 Å². The molecule has 0 N–H and O–H groups in total. The first-order valence-electron chi connectivity index (χ1n) is 6.94. The number of ketones is 1. The molecule has 0 aromatic heterocycles. The molecular formula is C13H16F5NO2. The van der Waals surface area contributed by atoms with E-state index in [2.05, 4.69) is 0 Å². The van der Waals surface area contributed by atoms with Crippen LogP contribution in [0.1, 0.15) is 38.5 Å². The van der Waals surface area contributed by atoms with E-state index in [1.165, 1.54) is 0 Å². The first kappa shape index (κ1) is 16.2. The zero-order chi connectivity index (χ0) is 15.8. The monoisotopic (exact) mass is 313 g/mol. The van der Waals surface area contributed by atoms with Gasteiger partial charge in [0.15, 0.2) is 0 Å². The number of hydrogen-bond donors (Lipinski definition) is 0. The van der Waals surface area contributed by atoms with Crippen LogP contribution in [-0.2, 0) is 9.59 Å². The van der Waals surface area contributed by atoms with Crippen molar-refractivity contribution in [3.05, 3.63) is 0 Å². The average Bonchev–Trinajstić information content (AvgIpc) is 2.82. The molecule has 3 nitrogen and oxygen atoms in total. The number of likely N-dealkylation sites (tertiary alicyclic amines) is 1. The number of amides is 1. The van der Waals surface area contributed by atoms with E-state index in [4.69, 9.17) is 0 Å². The Bertz CT molecular complexity index is 435. The SMILES string of the molecule is O=C1CCCC1C1CCCCN1C(=O)C(F)(F)C(F)(F)F. The number of halogens is 5. The van der Waals surface area contributed by atoms with Gasteiger partial charge in [-0.15, -0.1) is 0 Å². The number of hydrogen-bond acceptors (Lipinski definition) is 2. The molecule has 2 aliphatic rings. The lowest BCUT2D eigenvalue weighted by Gasteiger charge is -2.40. The topological polar surface area (TPSA) is 37.4 Å². The van der Waals surface area contributed by atoms with Crippen molar-refractivity contribution < 1.29 is 31.5 Å². The molecule has 2 atom stereocenters. The molecule has 1 aliphatic heterocycles. The van der Waals surface area contributed by atoms with E-state index in [1.54, 1.807) is 0 Å². The Morgan fingerprint density at radius 2 is 1.71 bits per heavy atom. The highest BCUT2D eigenvalue weighted by Crippen LogP contribution is 2.40. The van der Waals surface area contributed by atoms with Gasteiger partial charge >= 0.3 is 18.0 Å². The summed E-state index contributed by atoms with van der Waals surface area (Å²) < 4.78 is 63.6. The van der Waals surface area contributed by atoms with Gasteiger partial charge in [0.2, 0.25) is 0 Å². The number of piperidine rings is 1. The maximum atomic E-state index is 13.3. The summed E-state index contributed by atoms with van der Waals surface area (Å²) in [6, 6.07) is -0.825. The van der Waals surface area contributed by atoms with Crippen molar-refractivity contribution in [3.63, 3.8) is 0 Å². The predicted octanol–water partition coefficient (Wildman–Crippen LogP) is 2.93. The van der Waals surface area contributed by atoms with Crippen molar-refractivity contribution in [3.8, 4) is 0 Å². The van der Waals surface area contributed by atoms with Gasteiger partial charge in [-0.1, -0.05) is 0 Å². The minimum Gasteiger partial charge on any atom is -0.333 e. The van der Waals surface area contributed by atoms with E-state index in [1.807, 2.05) is 0 Å². The molecule has 1 saturated carbocycles. The third kappa shape index (κ3) is 2.89. The Morgan fingerprint density at radius 3 is 2.24 bits per heavy atom. The average molecular weight is 313 g/mol. The summed E-state index contributed by atoms with van der Waals surface area (Å²) in [6.07, 6.45) is -3.27. The minimum atomic E-state index is -5.91. The molecular weight excluding hydrogens is 297 g/mol. The van der Waals surface area contributed by atoms with Gasteiger partial charge in [0.25, 0.3) is 0 Å². The normalized spacial score (nSPS) is 28.0. The lowest BCUT2D eigenvalue weighted by Crippen LogP contribution is -2.58. The molecule has 0 bridgehead atoms. The summed E-state index contributed by atoms with van der Waals surface area (Å²) in [6.45, 7) is -0.154. The summed E-state index contributed by atoms with van der Waals surface area (Å²) >= 11 is 0. The molecule has 1 saturated heterocycles. The lowest BCUT2D eigenvalue weighted by molar-refractivity contribution is -0.275. The largest absolute Gasteiger partial charge is 0.463 e. The third-order valence-corrected chi connectivity index (χ3v) is 4.25. The van der Waals surface area contributed by atoms with Crippen molar-refractivity contribution in [2.45, 2.75) is 56.7 Å². The number of Topliss-reactive ketones (excluding diaryl/α,β-unsaturated/α-hetero) is 1. The second kappa shape index (κ2) is 5.53. The van der Waals surface area contributed by atoms with Crippen LogP contribution in [0.5, 0.6) is 0 Å². The Hall–Kier alpha value is -1.21. The van der Waals surface area contributed by atoms with Crippen LogP contribution in [-0.4, -0.2) is 41.3 Å². The van der Waals surface area contributed by atoms with E-state index in [0.717, 1.165) is 0 Å². The van der Waals surface area contributed by atoms with Crippen molar-refractivity contribution in [2.75, 3.05) is 6.54 Å². The van der Waals surface area contributed by atoms with Crippen LogP contribution in [0.25, 0.3) is 0 Å². The van der Waals surface area contributed by atoms with Crippen LogP contribution < -0.4 is 0 Å². The minimum absolute atomic E-state index is 0.143. The van der Waals surface area contributed by atoms with Crippen molar-refractivity contribution >= 4 is 11.7 Å². The van der Waals surface area contributed by atoms with E-state index in [9.17, 15) is 31.5 Å². The Kier molecular flexibility index (Phi) is 4.26. The number of nitrogens with zero attached hydrogens (tertiary/aromatic N) is 1. The fraction of sp³-hybridized carbons (Fsp3) is 0.846. The highest BCUT2D eigenvalue weighted by atomic mass is 19.4. The summed E-state index contributed by atoms with van der Waals surface area (Å²) in [5.74, 6) is -8.36. The molecule has 2 rings (SSSR count). The van der Waals surface area contributed by atoms with Crippen LogP contribution in [0, 0.1) is 5.92 Å². The molecule has 1 amide bonds. The zero-order valence-corrected chi connectivity index (χ0v) is 11.3. The van der Waals surface area contributed by atoms with E-state index in [0.29, 0.717) is 43.4 Å². The number of carbonyl (C=O) groups is 2. The molecule has 1 heterocycles. The van der Waals surface area contributed by atoms with Crippen molar-refractivity contribution in [1.29, 1.82) is 0 Å². The molecule has 1 aliphatic carbocycles. The van der Waals surface area contributed by atoms with Gasteiger partial charge < -0.3 is 4.90 Å². The first-order chi connectivity index (χ1) is 9.66. The maximum absolute atomic E-state index is 13.3. The molecule has 2 fully saturated rings. The van der Waals surface area contributed by atoms with Gasteiger partial charge in [-0.05, 0) is 32.1 Å². The highest BCUT2D eigenvalue weighted by molar-refractivity contribution is 5.87. The highest BCUT2D eigenvalue weighted by Gasteiger charge is 2.65. The molecule has 0 radical (unpaired) electrons. The van der Waals surface area contributed by atoms with Crippen LogP contribution in [0.15, 0.2) is 0 Å². The molecule has 8 heteroatoms. The Morgan fingerprint density at radius 1 is 1.05 bits per heavy atom. The van der Waals surface area contributed by atoms with Gasteiger partial charge in [-0.25, -0.2) is 0 Å². The molecule has 21 heavy (non-hydrogen) atoms. The second-order valence-electron chi connectivity index (χ2n) is 5.60. The van der Waals surface area contributed by atoms with Crippen LogP contribution >= 0.6 is 0 Å². The van der Waals surface area contributed by atoms with Crippen LogP contribution in [0.3, 0.4) is 0 Å². The van der Waals surface area contributed by atoms with Crippen LogP contribution in [0.2, 0.25) is 0 Å². The zero-order valence-electron chi connectivity index (χ0n) is 11.3. The van der Waals surface area contributed by atoms with Gasteiger partial charge in [0.1, 0.15) is 5.78 Å². The summed E-state index contributed by atoms with van der Waals surface area (Å²) in [5, 5.41) is 0. The number of alkyl halides is 5. The van der Waals surface area contributed by atoms with E-state index in [-0.39, 0.29) is 12.3 Å². The maximum Gasteiger partial charge on any atom is 0.463 e. The molecule has 0 aromatic rings.